The molecular weight excluding hydrogens is 669 g/mol. The zero-order chi connectivity index (χ0) is 34.4. The number of thioether (sulfide) groups is 1. The van der Waals surface area contributed by atoms with Crippen molar-refractivity contribution in [2.24, 2.45) is 7.05 Å². The second-order valence-corrected chi connectivity index (χ2v) is 12.9. The van der Waals surface area contributed by atoms with Crippen LogP contribution in [0.25, 0.3) is 11.8 Å². The first kappa shape index (κ1) is 34.3. The van der Waals surface area contributed by atoms with Gasteiger partial charge in [-0.1, -0.05) is 77.8 Å². The number of para-hydroxylation sites is 1. The van der Waals surface area contributed by atoms with Gasteiger partial charge in [-0.2, -0.15) is 0 Å². The van der Waals surface area contributed by atoms with Crippen molar-refractivity contribution in [3.8, 4) is 5.69 Å². The number of hydrogen-bond donors (Lipinski definition) is 3. The van der Waals surface area contributed by atoms with E-state index in [-0.39, 0.29) is 27.9 Å². The fourth-order valence-electron chi connectivity index (χ4n) is 4.77. The lowest BCUT2D eigenvalue weighted by atomic mass is 10.1. The molecule has 5 aromatic rings. The molecule has 0 saturated heterocycles. The molecule has 244 valence electrons. The molecular formula is C36H31Cl2N5O4S. The Balaban J connectivity index is 1.32. The maximum absolute atomic E-state index is 13.5. The predicted octanol–water partition coefficient (Wildman–Crippen LogP) is 7.32. The van der Waals surface area contributed by atoms with E-state index in [1.165, 1.54) is 22.5 Å². The van der Waals surface area contributed by atoms with Gasteiger partial charge in [-0.25, -0.2) is 4.68 Å². The fourth-order valence-corrected chi connectivity index (χ4v) is 6.06. The summed E-state index contributed by atoms with van der Waals surface area (Å²) in [6, 6.07) is 29.6. The predicted molar refractivity (Wildman–Crippen MR) is 193 cm³/mol. The first-order valence-electron chi connectivity index (χ1n) is 14.8. The number of nitrogens with zero attached hydrogens (tertiary/aromatic N) is 2. The number of hydrogen-bond acceptors (Lipinski definition) is 5. The molecule has 4 aromatic carbocycles. The summed E-state index contributed by atoms with van der Waals surface area (Å²) in [7, 11) is 1.76. The van der Waals surface area contributed by atoms with E-state index < -0.39 is 17.1 Å². The van der Waals surface area contributed by atoms with Gasteiger partial charge >= 0.3 is 0 Å². The van der Waals surface area contributed by atoms with Crippen molar-refractivity contribution in [2.45, 2.75) is 24.0 Å². The third kappa shape index (κ3) is 7.91. The summed E-state index contributed by atoms with van der Waals surface area (Å²) in [6.07, 6.45) is 1.45. The van der Waals surface area contributed by atoms with Crippen LogP contribution in [0.2, 0.25) is 10.0 Å². The standard InChI is InChI=1S/C36H31Cl2N5O4S/c1-22-32(36(47)43(42(22)3)27-16-8-5-9-17-27)41-33(44)23(2)48-28-18-11-15-26(21-28)39-35(46)30(20-25-14-10-19-29(37)31(25)38)40-34(45)24-12-6-4-7-13-24/h4-21,23H,1-3H3,(H,39,46)(H,40,45)(H,41,44)/b30-20+. The largest absolute Gasteiger partial charge is 0.321 e. The van der Waals surface area contributed by atoms with Gasteiger partial charge in [-0.15, -0.1) is 11.8 Å². The highest BCUT2D eigenvalue weighted by atomic mass is 35.5. The molecule has 5 rings (SSSR count). The molecule has 1 atom stereocenters. The summed E-state index contributed by atoms with van der Waals surface area (Å²) in [4.78, 5) is 53.8. The number of carbonyl (C=O) groups excluding carboxylic acids is 3. The van der Waals surface area contributed by atoms with E-state index >= 15 is 0 Å². The number of amides is 3. The Morgan fingerprint density at radius 2 is 1.52 bits per heavy atom. The van der Waals surface area contributed by atoms with Crippen molar-refractivity contribution < 1.29 is 14.4 Å². The van der Waals surface area contributed by atoms with Crippen LogP contribution in [0.3, 0.4) is 0 Å². The van der Waals surface area contributed by atoms with E-state index in [4.69, 9.17) is 23.2 Å². The van der Waals surface area contributed by atoms with E-state index in [0.29, 0.717) is 38.1 Å². The van der Waals surface area contributed by atoms with Gasteiger partial charge in [-0.05, 0) is 74.0 Å². The molecule has 3 N–H and O–H groups in total. The summed E-state index contributed by atoms with van der Waals surface area (Å²) in [5.41, 5.74) is 2.34. The van der Waals surface area contributed by atoms with Crippen LogP contribution in [0, 0.1) is 6.92 Å². The van der Waals surface area contributed by atoms with Gasteiger partial charge in [0, 0.05) is 23.2 Å². The van der Waals surface area contributed by atoms with Crippen LogP contribution in [0.5, 0.6) is 0 Å². The van der Waals surface area contributed by atoms with Crippen molar-refractivity contribution in [1.29, 1.82) is 0 Å². The number of carbonyl (C=O) groups is 3. The monoisotopic (exact) mass is 699 g/mol. The van der Waals surface area contributed by atoms with Gasteiger partial charge < -0.3 is 16.0 Å². The van der Waals surface area contributed by atoms with E-state index in [0.717, 1.165) is 0 Å². The lowest BCUT2D eigenvalue weighted by Gasteiger charge is -2.14. The Labute approximate surface area is 291 Å². The Morgan fingerprint density at radius 3 is 2.23 bits per heavy atom. The molecule has 0 aliphatic carbocycles. The Hall–Kier alpha value is -5.03. The van der Waals surface area contributed by atoms with E-state index in [1.807, 2.05) is 30.3 Å². The average molecular weight is 701 g/mol. The number of anilines is 2. The third-order valence-electron chi connectivity index (χ3n) is 7.39. The third-order valence-corrected chi connectivity index (χ3v) is 9.31. The molecule has 48 heavy (non-hydrogen) atoms. The molecule has 9 nitrogen and oxygen atoms in total. The lowest BCUT2D eigenvalue weighted by molar-refractivity contribution is -0.115. The molecule has 12 heteroatoms. The average Bonchev–Trinajstić information content (AvgIpc) is 3.29. The summed E-state index contributed by atoms with van der Waals surface area (Å²) in [5.74, 6) is -1.44. The topological polar surface area (TPSA) is 114 Å². The first-order valence-corrected chi connectivity index (χ1v) is 16.4. The molecule has 1 aromatic heterocycles. The zero-order valence-corrected chi connectivity index (χ0v) is 28.5. The van der Waals surface area contributed by atoms with Crippen molar-refractivity contribution in [3.05, 3.63) is 146 Å². The van der Waals surface area contributed by atoms with Gasteiger partial charge in [0.1, 0.15) is 11.4 Å². The molecule has 3 amide bonds. The van der Waals surface area contributed by atoms with Crippen LogP contribution >= 0.6 is 35.0 Å². The summed E-state index contributed by atoms with van der Waals surface area (Å²) >= 11 is 13.8. The quantitative estimate of drug-likeness (QED) is 0.104. The fraction of sp³-hybridized carbons (Fsp3) is 0.111. The van der Waals surface area contributed by atoms with Gasteiger partial charge in [0.15, 0.2) is 0 Å². The molecule has 0 radical (unpaired) electrons. The van der Waals surface area contributed by atoms with Crippen molar-refractivity contribution >= 4 is 70.1 Å². The van der Waals surface area contributed by atoms with Crippen LogP contribution in [0.15, 0.2) is 119 Å². The molecule has 0 aliphatic rings. The Kier molecular flexibility index (Phi) is 10.9. The normalized spacial score (nSPS) is 11.9. The maximum Gasteiger partial charge on any atom is 0.295 e. The minimum Gasteiger partial charge on any atom is -0.321 e. The molecule has 1 unspecified atom stereocenters. The van der Waals surface area contributed by atoms with E-state index in [2.05, 4.69) is 16.0 Å². The molecule has 1 heterocycles. The minimum absolute atomic E-state index is 0.0572. The summed E-state index contributed by atoms with van der Waals surface area (Å²) < 4.78 is 3.20. The highest BCUT2D eigenvalue weighted by Crippen LogP contribution is 2.29. The Bertz CT molecular complexity index is 2080. The van der Waals surface area contributed by atoms with Crippen LogP contribution < -0.4 is 21.5 Å². The molecule has 0 spiro atoms. The molecule has 0 aliphatic heterocycles. The maximum atomic E-state index is 13.5. The summed E-state index contributed by atoms with van der Waals surface area (Å²) in [5, 5.41) is 8.24. The minimum atomic E-state index is -0.600. The Morgan fingerprint density at radius 1 is 0.854 bits per heavy atom. The number of nitrogens with one attached hydrogen (secondary N) is 3. The molecule has 0 saturated carbocycles. The summed E-state index contributed by atoms with van der Waals surface area (Å²) in [6.45, 7) is 3.50. The SMILES string of the molecule is Cc1c(NC(=O)C(C)Sc2cccc(NC(=O)/C(=C\c3cccc(Cl)c3Cl)NC(=O)c3ccccc3)c2)c(=O)n(-c2ccccc2)n1C. The number of benzene rings is 4. The van der Waals surface area contributed by atoms with Crippen LogP contribution in [-0.4, -0.2) is 32.3 Å². The van der Waals surface area contributed by atoms with Crippen LogP contribution in [0.1, 0.15) is 28.5 Å². The second kappa shape index (κ2) is 15.2. The van der Waals surface area contributed by atoms with Gasteiger partial charge in [0.25, 0.3) is 17.4 Å². The van der Waals surface area contributed by atoms with Crippen molar-refractivity contribution in [2.75, 3.05) is 10.6 Å². The van der Waals surface area contributed by atoms with E-state index in [1.54, 1.807) is 98.4 Å². The zero-order valence-electron chi connectivity index (χ0n) is 26.2. The van der Waals surface area contributed by atoms with Gasteiger partial charge in [-0.3, -0.25) is 23.9 Å². The van der Waals surface area contributed by atoms with Gasteiger partial charge in [0.2, 0.25) is 5.91 Å². The number of rotatable bonds is 10. The van der Waals surface area contributed by atoms with Crippen LogP contribution in [-0.2, 0) is 16.6 Å². The first-order chi connectivity index (χ1) is 23.0. The van der Waals surface area contributed by atoms with Crippen molar-refractivity contribution in [1.82, 2.24) is 14.7 Å². The lowest BCUT2D eigenvalue weighted by Crippen LogP contribution is -2.30. The van der Waals surface area contributed by atoms with Crippen molar-refractivity contribution in [3.63, 3.8) is 0 Å². The highest BCUT2D eigenvalue weighted by Gasteiger charge is 2.22. The smallest absolute Gasteiger partial charge is 0.295 e. The second-order valence-electron chi connectivity index (χ2n) is 10.7. The highest BCUT2D eigenvalue weighted by molar-refractivity contribution is 8.00. The number of halogens is 2. The van der Waals surface area contributed by atoms with Crippen LogP contribution in [0.4, 0.5) is 11.4 Å². The van der Waals surface area contributed by atoms with E-state index in [9.17, 15) is 19.2 Å². The van der Waals surface area contributed by atoms with Gasteiger partial charge in [0.05, 0.1) is 26.7 Å². The molecule has 0 fully saturated rings. The number of aromatic nitrogens is 2. The molecule has 0 bridgehead atoms.